The third-order valence-corrected chi connectivity index (χ3v) is 7.07. The van der Waals surface area contributed by atoms with Gasteiger partial charge in [-0.15, -0.1) is 0 Å². The molecule has 0 unspecified atom stereocenters. The third kappa shape index (κ3) is 3.65. The Morgan fingerprint density at radius 1 is 1.04 bits per heavy atom. The molecule has 0 radical (unpaired) electrons. The van der Waals surface area contributed by atoms with Crippen LogP contribution in [0, 0.1) is 19.7 Å². The van der Waals surface area contributed by atoms with E-state index in [0.717, 1.165) is 30.5 Å². The van der Waals surface area contributed by atoms with Crippen molar-refractivity contribution < 1.29 is 12.8 Å². The molecule has 3 aromatic rings. The molecular formula is C17H14BrFN2O2S2. The van der Waals surface area contributed by atoms with Crippen molar-refractivity contribution in [2.75, 3.05) is 0 Å². The summed E-state index contributed by atoms with van der Waals surface area (Å²) in [5.41, 5.74) is 1.14. The van der Waals surface area contributed by atoms with Crippen LogP contribution in [-0.4, -0.2) is 17.6 Å². The van der Waals surface area contributed by atoms with Gasteiger partial charge in [0, 0.05) is 9.37 Å². The Bertz CT molecular complexity index is 1010. The Kier molecular flexibility index (Phi) is 5.04. The van der Waals surface area contributed by atoms with Crippen LogP contribution in [0.3, 0.4) is 0 Å². The molecule has 0 fully saturated rings. The largest absolute Gasteiger partial charge is 0.283 e. The zero-order valence-electron chi connectivity index (χ0n) is 13.4. The normalized spacial score (nSPS) is 11.7. The molecule has 25 heavy (non-hydrogen) atoms. The summed E-state index contributed by atoms with van der Waals surface area (Å²) in [4.78, 5) is 1.76. The molecule has 1 aromatic heterocycles. The van der Waals surface area contributed by atoms with Crippen LogP contribution in [0.2, 0.25) is 0 Å². The summed E-state index contributed by atoms with van der Waals surface area (Å²) in [6.07, 6.45) is 0. The fraction of sp³-hybridized carbons (Fsp3) is 0.118. The van der Waals surface area contributed by atoms with Crippen LogP contribution in [0.25, 0.3) is 0 Å². The minimum absolute atomic E-state index is 0.000285. The van der Waals surface area contributed by atoms with Gasteiger partial charge in [0.05, 0.1) is 21.2 Å². The molecule has 0 aliphatic carbocycles. The van der Waals surface area contributed by atoms with Gasteiger partial charge in [-0.1, -0.05) is 27.7 Å². The number of nitrogens with zero attached hydrogens (tertiary/aromatic N) is 2. The Morgan fingerprint density at radius 2 is 1.64 bits per heavy atom. The lowest BCUT2D eigenvalue weighted by Crippen LogP contribution is -2.16. The van der Waals surface area contributed by atoms with Crippen molar-refractivity contribution in [3.8, 4) is 0 Å². The minimum Gasteiger partial charge on any atom is -0.207 e. The van der Waals surface area contributed by atoms with Crippen molar-refractivity contribution >= 4 is 37.7 Å². The molecule has 130 valence electrons. The van der Waals surface area contributed by atoms with Gasteiger partial charge in [0.15, 0.2) is 0 Å². The fourth-order valence-electron chi connectivity index (χ4n) is 2.31. The second kappa shape index (κ2) is 6.93. The first-order valence-corrected chi connectivity index (χ1v) is 10.3. The molecule has 0 saturated heterocycles. The summed E-state index contributed by atoms with van der Waals surface area (Å²) >= 11 is 4.84. The topological polar surface area (TPSA) is 52.0 Å². The molecule has 0 aliphatic heterocycles. The average Bonchev–Trinajstić information content (AvgIpc) is 2.86. The Morgan fingerprint density at radius 3 is 2.24 bits per heavy atom. The first-order valence-electron chi connectivity index (χ1n) is 7.30. The highest BCUT2D eigenvalue weighted by Crippen LogP contribution is 2.34. The molecule has 1 heterocycles. The van der Waals surface area contributed by atoms with Crippen LogP contribution in [0.15, 0.2) is 67.7 Å². The lowest BCUT2D eigenvalue weighted by Gasteiger charge is -2.07. The number of halogens is 2. The van der Waals surface area contributed by atoms with Gasteiger partial charge in [0.1, 0.15) is 5.82 Å². The van der Waals surface area contributed by atoms with E-state index in [1.54, 1.807) is 13.8 Å². The highest BCUT2D eigenvalue weighted by atomic mass is 79.9. The standard InChI is InChI=1S/C17H14BrFN2O2S2/c1-11-17(24-15-7-3-13(18)4-8-15)12(2)21(20-11)25(22,23)16-9-5-14(19)6-10-16/h3-10H,1-2H3. The summed E-state index contributed by atoms with van der Waals surface area (Å²) in [6, 6.07) is 12.5. The Hall–Kier alpha value is -1.64. The van der Waals surface area contributed by atoms with Gasteiger partial charge < -0.3 is 0 Å². The Balaban J connectivity index is 2.01. The first-order chi connectivity index (χ1) is 11.8. The van der Waals surface area contributed by atoms with Crippen molar-refractivity contribution in [3.63, 3.8) is 0 Å². The Labute approximate surface area is 158 Å². The molecule has 0 amide bonds. The van der Waals surface area contributed by atoms with Crippen LogP contribution >= 0.6 is 27.7 Å². The summed E-state index contributed by atoms with van der Waals surface area (Å²) in [6.45, 7) is 3.48. The molecule has 3 rings (SSSR count). The van der Waals surface area contributed by atoms with Crippen LogP contribution in [0.1, 0.15) is 11.4 Å². The smallest absolute Gasteiger partial charge is 0.207 e. The average molecular weight is 441 g/mol. The van der Waals surface area contributed by atoms with E-state index < -0.39 is 15.8 Å². The van der Waals surface area contributed by atoms with Gasteiger partial charge in [-0.3, -0.25) is 0 Å². The first kappa shape index (κ1) is 18.2. The predicted molar refractivity (Wildman–Crippen MR) is 98.9 cm³/mol. The number of aryl methyl sites for hydroxylation is 1. The van der Waals surface area contributed by atoms with E-state index in [1.807, 2.05) is 24.3 Å². The molecular weight excluding hydrogens is 427 g/mol. The maximum atomic E-state index is 13.1. The van der Waals surface area contributed by atoms with Gasteiger partial charge in [-0.2, -0.15) is 17.6 Å². The van der Waals surface area contributed by atoms with Crippen LogP contribution in [0.5, 0.6) is 0 Å². The number of hydrogen-bond acceptors (Lipinski definition) is 4. The lowest BCUT2D eigenvalue weighted by molar-refractivity contribution is 0.576. The van der Waals surface area contributed by atoms with Crippen LogP contribution in [-0.2, 0) is 10.0 Å². The van der Waals surface area contributed by atoms with Gasteiger partial charge >= 0.3 is 0 Å². The molecule has 0 bridgehead atoms. The molecule has 2 aromatic carbocycles. The summed E-state index contributed by atoms with van der Waals surface area (Å²) in [5.74, 6) is -0.487. The SMILES string of the molecule is Cc1nn(S(=O)(=O)c2ccc(F)cc2)c(C)c1Sc1ccc(Br)cc1. The molecule has 0 atom stereocenters. The number of aromatic nitrogens is 2. The van der Waals surface area contributed by atoms with E-state index in [2.05, 4.69) is 21.0 Å². The van der Waals surface area contributed by atoms with Gasteiger partial charge in [0.25, 0.3) is 10.0 Å². The predicted octanol–water partition coefficient (Wildman–Crippen LogP) is 4.79. The van der Waals surface area contributed by atoms with E-state index in [1.165, 1.54) is 23.9 Å². The molecule has 0 aliphatic rings. The number of hydrogen-bond donors (Lipinski definition) is 0. The monoisotopic (exact) mass is 440 g/mol. The molecule has 0 saturated carbocycles. The van der Waals surface area contributed by atoms with E-state index in [0.29, 0.717) is 11.4 Å². The van der Waals surface area contributed by atoms with E-state index >= 15 is 0 Å². The molecule has 0 spiro atoms. The summed E-state index contributed by atoms with van der Waals surface area (Å²) < 4.78 is 40.6. The van der Waals surface area contributed by atoms with Crippen molar-refractivity contribution in [1.82, 2.24) is 9.19 Å². The summed E-state index contributed by atoms with van der Waals surface area (Å²) in [7, 11) is -3.87. The van der Waals surface area contributed by atoms with E-state index in [4.69, 9.17) is 0 Å². The van der Waals surface area contributed by atoms with Gasteiger partial charge in [-0.05, 0) is 62.4 Å². The van der Waals surface area contributed by atoms with E-state index in [-0.39, 0.29) is 4.90 Å². The minimum atomic E-state index is -3.87. The second-order valence-electron chi connectivity index (χ2n) is 5.36. The van der Waals surface area contributed by atoms with Crippen LogP contribution in [0.4, 0.5) is 4.39 Å². The third-order valence-electron chi connectivity index (χ3n) is 3.56. The lowest BCUT2D eigenvalue weighted by atomic mass is 10.4. The van der Waals surface area contributed by atoms with Gasteiger partial charge in [0.2, 0.25) is 0 Å². The highest BCUT2D eigenvalue weighted by molar-refractivity contribution is 9.10. The summed E-state index contributed by atoms with van der Waals surface area (Å²) in [5, 5.41) is 4.20. The van der Waals surface area contributed by atoms with Crippen molar-refractivity contribution in [1.29, 1.82) is 0 Å². The molecule has 4 nitrogen and oxygen atoms in total. The second-order valence-corrected chi connectivity index (χ2v) is 9.12. The van der Waals surface area contributed by atoms with Crippen LogP contribution < -0.4 is 0 Å². The maximum absolute atomic E-state index is 13.1. The molecule has 0 N–H and O–H groups in total. The highest BCUT2D eigenvalue weighted by Gasteiger charge is 2.24. The molecule has 8 heteroatoms. The fourth-order valence-corrected chi connectivity index (χ4v) is 4.93. The zero-order chi connectivity index (χ0) is 18.2. The van der Waals surface area contributed by atoms with Gasteiger partial charge in [-0.25, -0.2) is 4.39 Å². The van der Waals surface area contributed by atoms with E-state index in [9.17, 15) is 12.8 Å². The quantitative estimate of drug-likeness (QED) is 0.584. The van der Waals surface area contributed by atoms with Crippen molar-refractivity contribution in [3.05, 3.63) is 70.2 Å². The zero-order valence-corrected chi connectivity index (χ0v) is 16.6. The number of benzene rings is 2. The number of rotatable bonds is 4. The van der Waals surface area contributed by atoms with Crippen molar-refractivity contribution in [2.24, 2.45) is 0 Å². The van der Waals surface area contributed by atoms with Crippen molar-refractivity contribution in [2.45, 2.75) is 28.5 Å². The maximum Gasteiger partial charge on any atom is 0.283 e.